The summed E-state index contributed by atoms with van der Waals surface area (Å²) in [6.45, 7) is 0. The van der Waals surface area contributed by atoms with Gasteiger partial charge in [0.15, 0.2) is 5.75 Å². The molecule has 1 aliphatic heterocycles. The minimum absolute atomic E-state index is 0.0779. The number of imide groups is 2. The van der Waals surface area contributed by atoms with E-state index in [-0.39, 0.29) is 31.9 Å². The Hall–Kier alpha value is -3.37. The van der Waals surface area contributed by atoms with Crippen LogP contribution in [0.1, 0.15) is 5.56 Å². The molecule has 0 atom stereocenters. The fourth-order valence-corrected chi connectivity index (χ4v) is 4.87. The molecule has 3 aromatic carbocycles. The van der Waals surface area contributed by atoms with Gasteiger partial charge in [0.25, 0.3) is 11.8 Å². The van der Waals surface area contributed by atoms with Crippen LogP contribution < -0.4 is 14.4 Å². The highest BCUT2D eigenvalue weighted by atomic mass is 35.5. The minimum Gasteiger partial charge on any atom is -0.377 e. The highest BCUT2D eigenvalue weighted by Crippen LogP contribution is 2.36. The second kappa shape index (κ2) is 9.71. The first kappa shape index (κ1) is 24.7. The summed E-state index contributed by atoms with van der Waals surface area (Å²) in [5, 5.41) is 2.34. The molecule has 1 aliphatic rings. The molecule has 0 aromatic heterocycles. The number of halogens is 3. The van der Waals surface area contributed by atoms with E-state index in [9.17, 15) is 22.8 Å². The van der Waals surface area contributed by atoms with E-state index in [4.69, 9.17) is 39.0 Å². The number of barbiturate groups is 1. The molecule has 1 N–H and O–H groups in total. The van der Waals surface area contributed by atoms with Crippen LogP contribution in [0.5, 0.6) is 5.75 Å². The smallest absolute Gasteiger partial charge is 0.339 e. The van der Waals surface area contributed by atoms with Crippen LogP contribution in [-0.2, 0) is 19.7 Å². The van der Waals surface area contributed by atoms with Crippen molar-refractivity contribution in [1.29, 1.82) is 0 Å². The first-order valence-corrected chi connectivity index (χ1v) is 12.3. The molecule has 0 aliphatic carbocycles. The van der Waals surface area contributed by atoms with E-state index in [0.29, 0.717) is 5.02 Å². The Bertz CT molecular complexity index is 1490. The Balaban J connectivity index is 1.79. The van der Waals surface area contributed by atoms with Gasteiger partial charge in [0.1, 0.15) is 10.5 Å². The van der Waals surface area contributed by atoms with Crippen molar-refractivity contribution in [3.05, 3.63) is 92.9 Å². The standard InChI is InChI=1S/C23H13Cl3N2O6S/c24-14-6-8-16(9-7-14)28-22(30)18(21(29)27-23(28)31)11-13-10-15(25)12-19(26)20(13)34-35(32,33)17-4-2-1-3-5-17/h1-12H,(H,27,29,31)/b18-11+. The van der Waals surface area contributed by atoms with Crippen molar-refractivity contribution in [2.75, 3.05) is 4.90 Å². The van der Waals surface area contributed by atoms with Gasteiger partial charge < -0.3 is 4.18 Å². The molecule has 3 aromatic rings. The summed E-state index contributed by atoms with van der Waals surface area (Å²) in [7, 11) is -4.32. The number of urea groups is 1. The molecule has 0 spiro atoms. The largest absolute Gasteiger partial charge is 0.377 e. The van der Waals surface area contributed by atoms with E-state index in [1.165, 1.54) is 60.7 Å². The average Bonchev–Trinajstić information content (AvgIpc) is 2.80. The Morgan fingerprint density at radius 2 is 1.51 bits per heavy atom. The van der Waals surface area contributed by atoms with Crippen LogP contribution in [0, 0.1) is 0 Å². The number of anilines is 1. The van der Waals surface area contributed by atoms with Crippen LogP contribution in [0.2, 0.25) is 15.1 Å². The third-order valence-electron chi connectivity index (χ3n) is 4.75. The number of nitrogens with one attached hydrogen (secondary N) is 1. The molecule has 35 heavy (non-hydrogen) atoms. The zero-order valence-electron chi connectivity index (χ0n) is 17.4. The molecular weight excluding hydrogens is 539 g/mol. The molecule has 0 saturated carbocycles. The van der Waals surface area contributed by atoms with Crippen molar-refractivity contribution >= 4 is 74.5 Å². The molecule has 12 heteroatoms. The summed E-state index contributed by atoms with van der Waals surface area (Å²) in [6.07, 6.45) is 1.04. The number of hydrogen-bond acceptors (Lipinski definition) is 6. The Labute approximate surface area is 214 Å². The summed E-state index contributed by atoms with van der Waals surface area (Å²) in [4.78, 5) is 38.7. The molecule has 1 heterocycles. The first-order chi connectivity index (χ1) is 16.6. The minimum atomic E-state index is -4.32. The second-order valence-corrected chi connectivity index (χ2v) is 9.92. The summed E-state index contributed by atoms with van der Waals surface area (Å²) in [6, 6.07) is 14.6. The zero-order chi connectivity index (χ0) is 25.3. The van der Waals surface area contributed by atoms with Crippen LogP contribution >= 0.6 is 34.8 Å². The van der Waals surface area contributed by atoms with Crippen molar-refractivity contribution in [3.63, 3.8) is 0 Å². The van der Waals surface area contributed by atoms with Gasteiger partial charge in [0.05, 0.1) is 10.7 Å². The normalized spacial score (nSPS) is 15.3. The number of rotatable bonds is 5. The SMILES string of the molecule is O=C1NC(=O)N(c2ccc(Cl)cc2)C(=O)/C1=C/c1cc(Cl)cc(Cl)c1OS(=O)(=O)c1ccccc1. The summed E-state index contributed by atoms with van der Waals surface area (Å²) in [5.41, 5.74) is -0.409. The first-order valence-electron chi connectivity index (χ1n) is 9.72. The predicted molar refractivity (Wildman–Crippen MR) is 131 cm³/mol. The molecule has 178 valence electrons. The van der Waals surface area contributed by atoms with Crippen LogP contribution in [0.4, 0.5) is 10.5 Å². The maximum absolute atomic E-state index is 13.1. The van der Waals surface area contributed by atoms with E-state index in [1.54, 1.807) is 6.07 Å². The monoisotopic (exact) mass is 550 g/mol. The highest BCUT2D eigenvalue weighted by Gasteiger charge is 2.37. The average molecular weight is 552 g/mol. The van der Waals surface area contributed by atoms with Crippen molar-refractivity contribution in [2.45, 2.75) is 4.90 Å². The van der Waals surface area contributed by atoms with Gasteiger partial charge in [-0.15, -0.1) is 0 Å². The van der Waals surface area contributed by atoms with Gasteiger partial charge in [0.2, 0.25) is 0 Å². The molecular formula is C23H13Cl3N2O6S. The van der Waals surface area contributed by atoms with Gasteiger partial charge in [-0.25, -0.2) is 9.69 Å². The van der Waals surface area contributed by atoms with Gasteiger partial charge in [-0.1, -0.05) is 53.0 Å². The molecule has 0 unspecified atom stereocenters. The third-order valence-corrected chi connectivity index (χ3v) is 6.73. The van der Waals surface area contributed by atoms with E-state index in [0.717, 1.165) is 11.0 Å². The van der Waals surface area contributed by atoms with Gasteiger partial charge in [-0.3, -0.25) is 14.9 Å². The summed E-state index contributed by atoms with van der Waals surface area (Å²) >= 11 is 18.2. The highest BCUT2D eigenvalue weighted by molar-refractivity contribution is 7.87. The van der Waals surface area contributed by atoms with Crippen molar-refractivity contribution < 1.29 is 27.0 Å². The number of nitrogens with zero attached hydrogens (tertiary/aromatic N) is 1. The molecule has 1 fully saturated rings. The lowest BCUT2D eigenvalue weighted by Gasteiger charge is -2.26. The van der Waals surface area contributed by atoms with Gasteiger partial charge >= 0.3 is 16.1 Å². The van der Waals surface area contributed by atoms with Gasteiger partial charge in [-0.05, 0) is 54.6 Å². The molecule has 0 radical (unpaired) electrons. The van der Waals surface area contributed by atoms with E-state index >= 15 is 0 Å². The lowest BCUT2D eigenvalue weighted by molar-refractivity contribution is -0.122. The molecule has 1 saturated heterocycles. The van der Waals surface area contributed by atoms with E-state index in [1.807, 2.05) is 0 Å². The van der Waals surface area contributed by atoms with Crippen molar-refractivity contribution in [1.82, 2.24) is 5.32 Å². The third kappa shape index (κ3) is 5.18. The zero-order valence-corrected chi connectivity index (χ0v) is 20.5. The van der Waals surface area contributed by atoms with E-state index < -0.39 is 33.5 Å². The quantitative estimate of drug-likeness (QED) is 0.269. The van der Waals surface area contributed by atoms with Crippen molar-refractivity contribution in [3.8, 4) is 5.75 Å². The lowest BCUT2D eigenvalue weighted by atomic mass is 10.1. The van der Waals surface area contributed by atoms with Crippen molar-refractivity contribution in [2.24, 2.45) is 0 Å². The van der Waals surface area contributed by atoms with Crippen LogP contribution in [0.15, 0.2) is 77.2 Å². The van der Waals surface area contributed by atoms with Crippen LogP contribution in [0.3, 0.4) is 0 Å². The molecule has 8 nitrogen and oxygen atoms in total. The van der Waals surface area contributed by atoms with Crippen LogP contribution in [-0.4, -0.2) is 26.3 Å². The number of hydrogen-bond donors (Lipinski definition) is 1. The maximum Gasteiger partial charge on any atom is 0.339 e. The summed E-state index contributed by atoms with van der Waals surface area (Å²) < 4.78 is 30.8. The topological polar surface area (TPSA) is 110 Å². The predicted octanol–water partition coefficient (Wildman–Crippen LogP) is 5.08. The lowest BCUT2D eigenvalue weighted by Crippen LogP contribution is -2.54. The van der Waals surface area contributed by atoms with Gasteiger partial charge in [-0.2, -0.15) is 8.42 Å². The number of carbonyl (C=O) groups excluding carboxylic acids is 3. The Morgan fingerprint density at radius 3 is 2.17 bits per heavy atom. The Morgan fingerprint density at radius 1 is 0.857 bits per heavy atom. The maximum atomic E-state index is 13.1. The fraction of sp³-hybridized carbons (Fsp3) is 0. The van der Waals surface area contributed by atoms with Gasteiger partial charge in [0, 0.05) is 15.6 Å². The second-order valence-electron chi connectivity index (χ2n) is 7.09. The number of benzene rings is 3. The molecule has 0 bridgehead atoms. The Kier molecular flexibility index (Phi) is 6.86. The summed E-state index contributed by atoms with van der Waals surface area (Å²) in [5.74, 6) is -2.32. The molecule has 4 amide bonds. The van der Waals surface area contributed by atoms with E-state index in [2.05, 4.69) is 5.32 Å². The van der Waals surface area contributed by atoms with Crippen LogP contribution in [0.25, 0.3) is 6.08 Å². The molecule has 4 rings (SSSR count). The number of amides is 4. The fourth-order valence-electron chi connectivity index (χ4n) is 3.16. The number of carbonyl (C=O) groups is 3.